The molecule has 0 aliphatic carbocycles. The molecule has 0 unspecified atom stereocenters. The molecule has 0 saturated carbocycles. The first-order valence-electron chi connectivity index (χ1n) is 6.29. The zero-order chi connectivity index (χ0) is 15.0. The minimum Gasteiger partial charge on any atom is -0.295 e. The number of fused-ring (bicyclic) bond motifs is 1. The van der Waals surface area contributed by atoms with Crippen molar-refractivity contribution in [2.75, 3.05) is 5.88 Å². The summed E-state index contributed by atoms with van der Waals surface area (Å²) >= 11 is 14.4. The molecule has 0 aliphatic rings. The smallest absolute Gasteiger partial charge is 0.151 e. The fourth-order valence-corrected chi connectivity index (χ4v) is 3.41. The van der Waals surface area contributed by atoms with E-state index in [0.717, 1.165) is 9.26 Å². The van der Waals surface area contributed by atoms with Gasteiger partial charge in [0.1, 0.15) is 11.3 Å². The van der Waals surface area contributed by atoms with Crippen molar-refractivity contribution in [2.24, 2.45) is 0 Å². The summed E-state index contributed by atoms with van der Waals surface area (Å²) < 4.78 is 16.9. The van der Waals surface area contributed by atoms with E-state index in [9.17, 15) is 4.39 Å². The first-order chi connectivity index (χ1) is 10.1. The molecule has 1 aromatic heterocycles. The van der Waals surface area contributed by atoms with E-state index >= 15 is 0 Å². The van der Waals surface area contributed by atoms with Gasteiger partial charge in [-0.05, 0) is 52.9 Å². The third-order valence-corrected chi connectivity index (χ3v) is 4.34. The highest BCUT2D eigenvalue weighted by molar-refractivity contribution is 14.1. The molecule has 0 radical (unpaired) electrons. The molecular weight excluding hydrogens is 425 g/mol. The molecular formula is C15H10Cl2FIN2. The van der Waals surface area contributed by atoms with E-state index in [-0.39, 0.29) is 5.82 Å². The number of benzene rings is 2. The molecule has 3 rings (SSSR count). The number of para-hydroxylation sites is 1. The normalized spacial score (nSPS) is 11.2. The Morgan fingerprint density at radius 2 is 2.05 bits per heavy atom. The monoisotopic (exact) mass is 434 g/mol. The zero-order valence-electron chi connectivity index (χ0n) is 10.8. The second kappa shape index (κ2) is 6.10. The fourth-order valence-electron chi connectivity index (χ4n) is 2.30. The van der Waals surface area contributed by atoms with Crippen molar-refractivity contribution in [3.8, 4) is 5.69 Å². The molecule has 2 nitrogen and oxygen atoms in total. The van der Waals surface area contributed by atoms with Crippen LogP contribution in [0.3, 0.4) is 0 Å². The van der Waals surface area contributed by atoms with E-state index < -0.39 is 0 Å². The molecule has 0 saturated heterocycles. The molecule has 0 fully saturated rings. The summed E-state index contributed by atoms with van der Waals surface area (Å²) in [5.41, 5.74) is 1.82. The number of aryl methyl sites for hydroxylation is 1. The van der Waals surface area contributed by atoms with Crippen LogP contribution in [0.15, 0.2) is 36.4 Å². The summed E-state index contributed by atoms with van der Waals surface area (Å²) in [5, 5.41) is 0.598. The van der Waals surface area contributed by atoms with E-state index in [4.69, 9.17) is 23.2 Å². The summed E-state index contributed by atoms with van der Waals surface area (Å²) in [5.74, 6) is 0.768. The summed E-state index contributed by atoms with van der Waals surface area (Å²) in [6, 6.07) is 10.6. The molecule has 108 valence electrons. The van der Waals surface area contributed by atoms with E-state index in [1.807, 2.05) is 28.8 Å². The third-order valence-electron chi connectivity index (χ3n) is 3.17. The lowest BCUT2D eigenvalue weighted by atomic mass is 10.2. The van der Waals surface area contributed by atoms with Gasteiger partial charge in [0.2, 0.25) is 0 Å². The van der Waals surface area contributed by atoms with Crippen LogP contribution in [0.1, 0.15) is 5.82 Å². The quantitative estimate of drug-likeness (QED) is 0.409. The molecule has 0 N–H and O–H groups in total. The molecule has 0 bridgehead atoms. The van der Waals surface area contributed by atoms with Gasteiger partial charge in [0, 0.05) is 15.9 Å². The van der Waals surface area contributed by atoms with Gasteiger partial charge < -0.3 is 0 Å². The maximum absolute atomic E-state index is 14.0. The van der Waals surface area contributed by atoms with Gasteiger partial charge in [0.25, 0.3) is 0 Å². The molecule has 0 aliphatic heterocycles. The number of nitrogens with zero attached hydrogens (tertiary/aromatic N) is 2. The summed E-state index contributed by atoms with van der Waals surface area (Å²) in [4.78, 5) is 4.38. The number of rotatable bonds is 3. The van der Waals surface area contributed by atoms with Crippen LogP contribution in [0, 0.1) is 9.39 Å². The Balaban J connectivity index is 2.33. The summed E-state index contributed by atoms with van der Waals surface area (Å²) in [6.07, 6.45) is 0.540. The average Bonchev–Trinajstić information content (AvgIpc) is 2.79. The minimum atomic E-state index is -0.344. The summed E-state index contributed by atoms with van der Waals surface area (Å²) in [6.45, 7) is 0. The van der Waals surface area contributed by atoms with Crippen LogP contribution in [0.25, 0.3) is 16.7 Å². The average molecular weight is 435 g/mol. The number of hydrogen-bond acceptors (Lipinski definition) is 1. The van der Waals surface area contributed by atoms with Gasteiger partial charge in [-0.3, -0.25) is 4.57 Å². The lowest BCUT2D eigenvalue weighted by Gasteiger charge is -2.11. The highest BCUT2D eigenvalue weighted by Crippen LogP contribution is 2.29. The highest BCUT2D eigenvalue weighted by atomic mass is 127. The van der Waals surface area contributed by atoms with Crippen LogP contribution in [0.2, 0.25) is 5.02 Å². The number of hydrogen-bond donors (Lipinski definition) is 0. The number of alkyl halides is 1. The molecule has 21 heavy (non-hydrogen) atoms. The Labute approximate surface area is 145 Å². The molecule has 0 amide bonds. The third kappa shape index (κ3) is 2.76. The van der Waals surface area contributed by atoms with Crippen LogP contribution in [-0.4, -0.2) is 15.4 Å². The van der Waals surface area contributed by atoms with Crippen molar-refractivity contribution in [1.29, 1.82) is 0 Å². The number of halogens is 4. The first kappa shape index (κ1) is 15.1. The van der Waals surface area contributed by atoms with E-state index in [1.54, 1.807) is 6.07 Å². The number of imidazole rings is 1. The Morgan fingerprint density at radius 3 is 2.76 bits per heavy atom. The van der Waals surface area contributed by atoms with Gasteiger partial charge in [-0.2, -0.15) is 0 Å². The highest BCUT2D eigenvalue weighted by Gasteiger charge is 2.16. The van der Waals surface area contributed by atoms with Gasteiger partial charge in [-0.15, -0.1) is 11.6 Å². The summed E-state index contributed by atoms with van der Waals surface area (Å²) in [7, 11) is 0. The van der Waals surface area contributed by atoms with Gasteiger partial charge in [-0.25, -0.2) is 9.37 Å². The van der Waals surface area contributed by atoms with Gasteiger partial charge in [0.05, 0.1) is 16.2 Å². The van der Waals surface area contributed by atoms with E-state index in [0.29, 0.717) is 34.2 Å². The van der Waals surface area contributed by atoms with Crippen molar-refractivity contribution < 1.29 is 4.39 Å². The van der Waals surface area contributed by atoms with E-state index in [2.05, 4.69) is 27.6 Å². The first-order valence-corrected chi connectivity index (χ1v) is 8.28. The van der Waals surface area contributed by atoms with Gasteiger partial charge in [0.15, 0.2) is 5.82 Å². The Morgan fingerprint density at radius 1 is 1.24 bits per heavy atom. The van der Waals surface area contributed by atoms with Crippen LogP contribution < -0.4 is 0 Å². The maximum atomic E-state index is 14.0. The second-order valence-corrected chi connectivity index (χ2v) is 6.54. The van der Waals surface area contributed by atoms with Crippen LogP contribution in [-0.2, 0) is 6.42 Å². The Bertz CT molecular complexity index is 817. The van der Waals surface area contributed by atoms with Gasteiger partial charge in [-0.1, -0.05) is 17.7 Å². The molecule has 0 atom stereocenters. The Hall–Kier alpha value is -0.850. The fraction of sp³-hybridized carbons (Fsp3) is 0.133. The molecule has 2 aromatic carbocycles. The predicted molar refractivity (Wildman–Crippen MR) is 93.2 cm³/mol. The molecule has 0 spiro atoms. The van der Waals surface area contributed by atoms with E-state index in [1.165, 1.54) is 6.07 Å². The zero-order valence-corrected chi connectivity index (χ0v) is 14.5. The largest absolute Gasteiger partial charge is 0.295 e. The second-order valence-electron chi connectivity index (χ2n) is 4.51. The van der Waals surface area contributed by atoms with Crippen LogP contribution in [0.5, 0.6) is 0 Å². The Kier molecular flexibility index (Phi) is 4.38. The van der Waals surface area contributed by atoms with Crippen molar-refractivity contribution in [1.82, 2.24) is 9.55 Å². The van der Waals surface area contributed by atoms with Crippen LogP contribution in [0.4, 0.5) is 4.39 Å². The van der Waals surface area contributed by atoms with Crippen molar-refractivity contribution in [3.63, 3.8) is 0 Å². The molecule has 6 heteroatoms. The van der Waals surface area contributed by atoms with Crippen molar-refractivity contribution in [2.45, 2.75) is 6.42 Å². The maximum Gasteiger partial charge on any atom is 0.151 e. The lowest BCUT2D eigenvalue weighted by molar-refractivity contribution is 0.637. The predicted octanol–water partition coefficient (Wildman–Crippen LogP) is 5.20. The number of aromatic nitrogens is 2. The topological polar surface area (TPSA) is 17.8 Å². The van der Waals surface area contributed by atoms with Crippen molar-refractivity contribution in [3.05, 3.63) is 56.6 Å². The van der Waals surface area contributed by atoms with Crippen molar-refractivity contribution >= 4 is 56.8 Å². The van der Waals surface area contributed by atoms with Gasteiger partial charge >= 0.3 is 0 Å². The lowest BCUT2D eigenvalue weighted by Crippen LogP contribution is -2.03. The minimum absolute atomic E-state index is 0.340. The molecule has 3 aromatic rings. The van der Waals surface area contributed by atoms with Crippen LogP contribution >= 0.6 is 45.8 Å². The SMILES string of the molecule is Fc1cccc2c1nc(CCCl)n2-c1ccc(I)cc1Cl. The molecule has 1 heterocycles. The standard InChI is InChI=1S/C15H10Cl2FIN2/c16-7-6-14-20-15-11(18)2-1-3-13(15)21(14)12-5-4-9(19)8-10(12)17/h1-5,8H,6-7H2.